The Morgan fingerprint density at radius 3 is 2.70 bits per heavy atom. The first-order chi connectivity index (χ1) is 22.0. The van der Waals surface area contributed by atoms with E-state index in [-0.39, 0.29) is 23.3 Å². The van der Waals surface area contributed by atoms with E-state index in [0.29, 0.717) is 36.9 Å². The fourth-order valence-electron chi connectivity index (χ4n) is 7.00. The van der Waals surface area contributed by atoms with Gasteiger partial charge >= 0.3 is 0 Å². The van der Waals surface area contributed by atoms with Crippen molar-refractivity contribution in [3.8, 4) is 5.75 Å². The van der Waals surface area contributed by atoms with Crippen LogP contribution in [-0.4, -0.2) is 42.8 Å². The Kier molecular flexibility index (Phi) is 9.46. The van der Waals surface area contributed by atoms with Gasteiger partial charge in [-0.3, -0.25) is 9.78 Å². The summed E-state index contributed by atoms with van der Waals surface area (Å²) in [7, 11) is -3.99. The summed E-state index contributed by atoms with van der Waals surface area (Å²) in [5, 5.41) is 12.2. The fraction of sp³-hybridized carbons (Fsp3) is 0.444. The molecule has 3 aliphatic rings. The number of benzene rings is 2. The van der Waals surface area contributed by atoms with Crippen molar-refractivity contribution in [2.24, 2.45) is 17.8 Å². The van der Waals surface area contributed by atoms with E-state index in [4.69, 9.17) is 16.3 Å². The molecule has 46 heavy (non-hydrogen) atoms. The number of aliphatic hydroxyl groups is 1. The molecule has 1 saturated carbocycles. The molecule has 0 unspecified atom stereocenters. The van der Waals surface area contributed by atoms with Crippen LogP contribution in [-0.2, 0) is 28.7 Å². The highest BCUT2D eigenvalue weighted by molar-refractivity contribution is 7.90. The number of carbonyl (C=O) groups excluding carboxylic acids is 1. The Hall–Kier alpha value is -3.40. The number of amides is 1. The normalized spacial score (nSPS) is 29.0. The second-order valence-electron chi connectivity index (χ2n) is 13.1. The number of sulfonamides is 1. The Morgan fingerprint density at radius 2 is 1.93 bits per heavy atom. The molecule has 2 aromatic carbocycles. The molecule has 3 aromatic rings. The number of ether oxygens (including phenoxy) is 1. The van der Waals surface area contributed by atoms with Gasteiger partial charge in [0.05, 0.1) is 10.9 Å². The molecule has 6 rings (SSSR count). The molecule has 2 N–H and O–H groups in total. The van der Waals surface area contributed by atoms with E-state index in [1.807, 2.05) is 49.4 Å². The largest absolute Gasteiger partial charge is 0.487 e. The SMILES string of the molecule is C[C@@H]1[C@@H](C)C/C=C/[C@@](O)(c2cccnc2)[C@@H]2CC[C@H]2CN2CCCCc3cc(Cl)ccc3COc3ccc(cc32)C(=O)NS1(=O)=O. The first kappa shape index (κ1) is 32.5. The number of halogens is 1. The molecular weight excluding hydrogens is 622 g/mol. The van der Waals surface area contributed by atoms with Crippen LogP contribution in [0.1, 0.15) is 73.0 Å². The summed E-state index contributed by atoms with van der Waals surface area (Å²) in [5.41, 5.74) is 2.67. The van der Waals surface area contributed by atoms with Crippen LogP contribution in [0.2, 0.25) is 5.02 Å². The number of carbonyl (C=O) groups is 1. The summed E-state index contributed by atoms with van der Waals surface area (Å²) in [6.07, 6.45) is 12.0. The van der Waals surface area contributed by atoms with E-state index in [0.717, 1.165) is 54.5 Å². The predicted molar refractivity (Wildman–Crippen MR) is 180 cm³/mol. The number of nitrogens with zero attached hydrogens (tertiary/aromatic N) is 2. The number of fused-ring (bicyclic) bond motifs is 3. The van der Waals surface area contributed by atoms with Crippen molar-refractivity contribution >= 4 is 33.2 Å². The first-order valence-electron chi connectivity index (χ1n) is 16.2. The number of allylic oxidation sites excluding steroid dienone is 1. The molecular formula is C36H42ClN3O5S. The number of nitrogens with one attached hydrogen (secondary N) is 1. The maximum absolute atomic E-state index is 13.4. The number of hydrogen-bond donors (Lipinski definition) is 2. The Labute approximate surface area is 276 Å². The third kappa shape index (κ3) is 6.68. The zero-order valence-electron chi connectivity index (χ0n) is 26.4. The zero-order valence-corrected chi connectivity index (χ0v) is 27.9. The highest BCUT2D eigenvalue weighted by atomic mass is 35.5. The highest BCUT2D eigenvalue weighted by Gasteiger charge is 2.47. The number of anilines is 1. The van der Waals surface area contributed by atoms with E-state index in [9.17, 15) is 18.3 Å². The van der Waals surface area contributed by atoms with Crippen molar-refractivity contribution in [3.05, 3.63) is 100 Å². The third-order valence-electron chi connectivity index (χ3n) is 10.2. The molecule has 8 nitrogen and oxygen atoms in total. The number of aromatic nitrogens is 1. The van der Waals surface area contributed by atoms with Crippen molar-refractivity contribution in [2.45, 2.75) is 69.8 Å². The minimum absolute atomic E-state index is 0.0715. The quantitative estimate of drug-likeness (QED) is 0.290. The highest BCUT2D eigenvalue weighted by Crippen LogP contribution is 2.49. The molecule has 3 heterocycles. The van der Waals surface area contributed by atoms with Crippen molar-refractivity contribution in [1.29, 1.82) is 0 Å². The van der Waals surface area contributed by atoms with Gasteiger partial charge < -0.3 is 14.7 Å². The van der Waals surface area contributed by atoms with Crippen molar-refractivity contribution < 1.29 is 23.1 Å². The molecule has 1 fully saturated rings. The van der Waals surface area contributed by atoms with Gasteiger partial charge in [0.15, 0.2) is 0 Å². The summed E-state index contributed by atoms with van der Waals surface area (Å²) in [5.74, 6) is -0.266. The minimum atomic E-state index is -3.99. The minimum Gasteiger partial charge on any atom is -0.487 e. The molecule has 2 bridgehead atoms. The number of aryl methyl sites for hydroxylation is 1. The summed E-state index contributed by atoms with van der Waals surface area (Å²) in [6.45, 7) is 5.14. The number of pyridine rings is 1. The van der Waals surface area contributed by atoms with Gasteiger partial charge in [0, 0.05) is 47.6 Å². The topological polar surface area (TPSA) is 109 Å². The van der Waals surface area contributed by atoms with Crippen LogP contribution >= 0.6 is 11.6 Å². The van der Waals surface area contributed by atoms with Crippen LogP contribution in [0.4, 0.5) is 5.69 Å². The summed E-state index contributed by atoms with van der Waals surface area (Å²) in [6, 6.07) is 14.8. The van der Waals surface area contributed by atoms with E-state index in [2.05, 4.69) is 14.6 Å². The predicted octanol–water partition coefficient (Wildman–Crippen LogP) is 6.41. The molecule has 0 spiro atoms. The summed E-state index contributed by atoms with van der Waals surface area (Å²) >= 11 is 6.34. The number of rotatable bonds is 1. The van der Waals surface area contributed by atoms with Gasteiger partial charge in [-0.2, -0.15) is 0 Å². The van der Waals surface area contributed by atoms with Crippen LogP contribution in [0, 0.1) is 17.8 Å². The van der Waals surface area contributed by atoms with Gasteiger partial charge in [-0.15, -0.1) is 0 Å². The van der Waals surface area contributed by atoms with Crippen LogP contribution < -0.4 is 14.4 Å². The average molecular weight is 664 g/mol. The lowest BCUT2D eigenvalue weighted by Gasteiger charge is -2.48. The van der Waals surface area contributed by atoms with Gasteiger partial charge in [0.25, 0.3) is 5.91 Å². The monoisotopic (exact) mass is 663 g/mol. The maximum Gasteiger partial charge on any atom is 0.264 e. The van der Waals surface area contributed by atoms with Crippen LogP contribution in [0.3, 0.4) is 0 Å². The van der Waals surface area contributed by atoms with Gasteiger partial charge in [-0.1, -0.05) is 42.8 Å². The Balaban J connectivity index is 1.43. The maximum atomic E-state index is 13.4. The molecule has 5 atom stereocenters. The van der Waals surface area contributed by atoms with Gasteiger partial charge in [-0.25, -0.2) is 13.1 Å². The summed E-state index contributed by atoms with van der Waals surface area (Å²) < 4.78 is 35.5. The average Bonchev–Trinajstić information content (AvgIpc) is 3.05. The van der Waals surface area contributed by atoms with Gasteiger partial charge in [-0.05, 0) is 105 Å². The second kappa shape index (κ2) is 13.4. The molecule has 0 radical (unpaired) electrons. The number of hydrogen-bond acceptors (Lipinski definition) is 7. The molecule has 1 amide bonds. The van der Waals surface area contributed by atoms with E-state index in [1.54, 1.807) is 37.5 Å². The molecule has 1 aliphatic carbocycles. The van der Waals surface area contributed by atoms with Crippen molar-refractivity contribution in [3.63, 3.8) is 0 Å². The van der Waals surface area contributed by atoms with Crippen LogP contribution in [0.15, 0.2) is 73.1 Å². The molecule has 10 heteroatoms. The lowest BCUT2D eigenvalue weighted by molar-refractivity contribution is -0.0500. The zero-order chi connectivity index (χ0) is 32.5. The van der Waals surface area contributed by atoms with Crippen molar-refractivity contribution in [1.82, 2.24) is 9.71 Å². The fourth-order valence-corrected chi connectivity index (χ4v) is 8.48. The van der Waals surface area contributed by atoms with Crippen LogP contribution in [0.5, 0.6) is 5.75 Å². The third-order valence-corrected chi connectivity index (χ3v) is 12.4. The standard InChI is InChI=1S/C36H42ClN3O5S/c1-24-7-5-16-36(42,30-9-6-17-38-21-30)32-14-11-28(32)22-40-18-4-3-8-26-19-31(37)13-10-29(26)23-45-34-15-12-27(20-33(34)40)35(41)39-46(43,44)25(24)2/h5-6,9-10,12-13,15-17,19-21,24-25,28,32,42H,3-4,7-8,11,14,18,22-23H2,1-2H3,(H,39,41)/b16-5+/t24-,25+,28-,32+,36+/m0/s1. The Morgan fingerprint density at radius 1 is 1.09 bits per heavy atom. The molecule has 2 aliphatic heterocycles. The molecule has 1 aromatic heterocycles. The lowest BCUT2D eigenvalue weighted by atomic mass is 9.62. The summed E-state index contributed by atoms with van der Waals surface area (Å²) in [4.78, 5) is 20.0. The van der Waals surface area contributed by atoms with E-state index in [1.165, 1.54) is 0 Å². The molecule has 244 valence electrons. The molecule has 0 saturated heterocycles. The first-order valence-corrected chi connectivity index (χ1v) is 18.1. The second-order valence-corrected chi connectivity index (χ2v) is 15.6. The van der Waals surface area contributed by atoms with E-state index < -0.39 is 26.8 Å². The van der Waals surface area contributed by atoms with Gasteiger partial charge in [0.2, 0.25) is 10.0 Å². The lowest BCUT2D eigenvalue weighted by Crippen LogP contribution is -2.48. The smallest absolute Gasteiger partial charge is 0.264 e. The van der Waals surface area contributed by atoms with Crippen molar-refractivity contribution in [2.75, 3.05) is 18.0 Å². The van der Waals surface area contributed by atoms with Gasteiger partial charge in [0.1, 0.15) is 18.0 Å². The van der Waals surface area contributed by atoms with Crippen LogP contribution in [0.25, 0.3) is 0 Å². The van der Waals surface area contributed by atoms with E-state index >= 15 is 0 Å². The Bertz CT molecular complexity index is 1720.